The van der Waals surface area contributed by atoms with Gasteiger partial charge < -0.3 is 10.2 Å². The van der Waals surface area contributed by atoms with E-state index in [1.54, 1.807) is 0 Å². The zero-order valence-corrected chi connectivity index (χ0v) is 8.98. The van der Waals surface area contributed by atoms with Crippen molar-refractivity contribution in [2.75, 3.05) is 31.9 Å². The monoisotopic (exact) mass is 213 g/mol. The van der Waals surface area contributed by atoms with Crippen molar-refractivity contribution in [2.24, 2.45) is 4.99 Å². The molecule has 0 aromatic carbocycles. The number of amidine groups is 1. The summed E-state index contributed by atoms with van der Waals surface area (Å²) >= 11 is 1.50. The SMILES string of the molecule is O=C1CSC(=NCCN2CCCC2)N1. The summed E-state index contributed by atoms with van der Waals surface area (Å²) in [4.78, 5) is 17.6. The highest BCUT2D eigenvalue weighted by Gasteiger charge is 2.16. The van der Waals surface area contributed by atoms with Crippen molar-refractivity contribution < 1.29 is 4.79 Å². The van der Waals surface area contributed by atoms with Gasteiger partial charge in [0, 0.05) is 6.54 Å². The molecular formula is C9H15N3OS. The maximum Gasteiger partial charge on any atom is 0.236 e. The van der Waals surface area contributed by atoms with Crippen LogP contribution in [0.15, 0.2) is 4.99 Å². The van der Waals surface area contributed by atoms with Gasteiger partial charge >= 0.3 is 0 Å². The van der Waals surface area contributed by atoms with Crippen LogP contribution >= 0.6 is 11.8 Å². The molecule has 0 radical (unpaired) electrons. The molecule has 1 N–H and O–H groups in total. The van der Waals surface area contributed by atoms with Crippen LogP contribution in [0.1, 0.15) is 12.8 Å². The van der Waals surface area contributed by atoms with Crippen LogP contribution in [-0.2, 0) is 4.79 Å². The molecule has 4 nitrogen and oxygen atoms in total. The van der Waals surface area contributed by atoms with Crippen LogP contribution in [0, 0.1) is 0 Å². The van der Waals surface area contributed by atoms with E-state index in [4.69, 9.17) is 0 Å². The first kappa shape index (κ1) is 9.98. The van der Waals surface area contributed by atoms with E-state index in [1.807, 2.05) is 0 Å². The molecule has 0 bridgehead atoms. The lowest BCUT2D eigenvalue weighted by Gasteiger charge is -2.11. The third-order valence-corrected chi connectivity index (χ3v) is 3.37. The van der Waals surface area contributed by atoms with Crippen LogP contribution in [0.3, 0.4) is 0 Å². The Balaban J connectivity index is 1.68. The Bertz CT molecular complexity index is 248. The Hall–Kier alpha value is -0.550. The number of likely N-dealkylation sites (tertiary alicyclic amines) is 1. The van der Waals surface area contributed by atoms with Crippen molar-refractivity contribution in [3.05, 3.63) is 0 Å². The van der Waals surface area contributed by atoms with Gasteiger partial charge in [-0.1, -0.05) is 11.8 Å². The maximum absolute atomic E-state index is 10.8. The largest absolute Gasteiger partial charge is 0.305 e. The highest BCUT2D eigenvalue weighted by molar-refractivity contribution is 8.15. The molecule has 2 heterocycles. The van der Waals surface area contributed by atoms with Crippen LogP contribution in [-0.4, -0.2) is 47.9 Å². The fourth-order valence-electron chi connectivity index (χ4n) is 1.71. The molecule has 2 aliphatic rings. The number of carbonyl (C=O) groups is 1. The molecule has 0 aromatic rings. The first-order chi connectivity index (χ1) is 6.84. The van der Waals surface area contributed by atoms with Crippen molar-refractivity contribution in [3.8, 4) is 0 Å². The maximum atomic E-state index is 10.8. The van der Waals surface area contributed by atoms with Crippen LogP contribution in [0.4, 0.5) is 0 Å². The van der Waals surface area contributed by atoms with Crippen molar-refractivity contribution in [2.45, 2.75) is 12.8 Å². The summed E-state index contributed by atoms with van der Waals surface area (Å²) in [6, 6.07) is 0. The molecule has 2 aliphatic heterocycles. The van der Waals surface area contributed by atoms with Crippen LogP contribution < -0.4 is 5.32 Å². The van der Waals surface area contributed by atoms with Gasteiger partial charge in [-0.05, 0) is 25.9 Å². The molecule has 14 heavy (non-hydrogen) atoms. The fourth-order valence-corrected chi connectivity index (χ4v) is 2.42. The standard InChI is InChI=1S/C9H15N3OS/c13-8-7-14-9(11-8)10-3-6-12-4-1-2-5-12/h1-7H2,(H,10,11,13). The summed E-state index contributed by atoms with van der Waals surface area (Å²) in [7, 11) is 0. The van der Waals surface area contributed by atoms with E-state index in [0.29, 0.717) is 5.75 Å². The Morgan fingerprint density at radius 3 is 2.86 bits per heavy atom. The lowest BCUT2D eigenvalue weighted by Crippen LogP contribution is -2.24. The minimum Gasteiger partial charge on any atom is -0.305 e. The third kappa shape index (κ3) is 2.72. The predicted molar refractivity (Wildman–Crippen MR) is 58.6 cm³/mol. The molecule has 1 amide bonds. The first-order valence-corrected chi connectivity index (χ1v) is 6.02. The molecule has 0 spiro atoms. The highest BCUT2D eigenvalue weighted by atomic mass is 32.2. The fraction of sp³-hybridized carbons (Fsp3) is 0.778. The van der Waals surface area contributed by atoms with Gasteiger partial charge in [-0.3, -0.25) is 9.79 Å². The van der Waals surface area contributed by atoms with Gasteiger partial charge in [0.2, 0.25) is 5.91 Å². The quantitative estimate of drug-likeness (QED) is 0.733. The van der Waals surface area contributed by atoms with Crippen molar-refractivity contribution >= 4 is 22.8 Å². The topological polar surface area (TPSA) is 44.7 Å². The Kier molecular flexibility index (Phi) is 3.42. The normalized spacial score (nSPS) is 26.0. The number of hydrogen-bond acceptors (Lipinski definition) is 4. The zero-order chi connectivity index (χ0) is 9.80. The summed E-state index contributed by atoms with van der Waals surface area (Å²) in [5, 5.41) is 3.53. The Morgan fingerprint density at radius 1 is 1.43 bits per heavy atom. The summed E-state index contributed by atoms with van der Waals surface area (Å²) < 4.78 is 0. The molecule has 0 atom stereocenters. The Labute approximate surface area is 88.1 Å². The van der Waals surface area contributed by atoms with Gasteiger partial charge in [0.05, 0.1) is 12.3 Å². The second-order valence-corrected chi connectivity index (χ2v) is 4.54. The second kappa shape index (κ2) is 4.79. The molecule has 78 valence electrons. The van der Waals surface area contributed by atoms with E-state index in [9.17, 15) is 4.79 Å². The smallest absolute Gasteiger partial charge is 0.236 e. The molecule has 0 aliphatic carbocycles. The molecule has 0 saturated carbocycles. The number of thioether (sulfide) groups is 1. The number of hydrogen-bond donors (Lipinski definition) is 1. The van der Waals surface area contributed by atoms with Gasteiger partial charge in [0.25, 0.3) is 0 Å². The second-order valence-electron chi connectivity index (χ2n) is 3.57. The number of nitrogens with one attached hydrogen (secondary N) is 1. The van der Waals surface area contributed by atoms with E-state index in [2.05, 4.69) is 15.2 Å². The third-order valence-electron chi connectivity index (χ3n) is 2.46. The lowest BCUT2D eigenvalue weighted by atomic mass is 10.4. The summed E-state index contributed by atoms with van der Waals surface area (Å²) in [6.45, 7) is 4.26. The molecular weight excluding hydrogens is 198 g/mol. The van der Waals surface area contributed by atoms with E-state index in [0.717, 1.165) is 18.3 Å². The number of rotatable bonds is 3. The average Bonchev–Trinajstić information content (AvgIpc) is 2.77. The van der Waals surface area contributed by atoms with E-state index < -0.39 is 0 Å². The van der Waals surface area contributed by atoms with Crippen molar-refractivity contribution in [3.63, 3.8) is 0 Å². The van der Waals surface area contributed by atoms with Gasteiger partial charge in [-0.15, -0.1) is 0 Å². The predicted octanol–water partition coefficient (Wildman–Crippen LogP) is 0.301. The molecule has 2 fully saturated rings. The highest BCUT2D eigenvalue weighted by Crippen LogP contribution is 2.09. The number of nitrogens with zero attached hydrogens (tertiary/aromatic N) is 2. The lowest BCUT2D eigenvalue weighted by molar-refractivity contribution is -0.116. The number of carbonyl (C=O) groups excluding carboxylic acids is 1. The average molecular weight is 213 g/mol. The Morgan fingerprint density at radius 2 is 2.21 bits per heavy atom. The summed E-state index contributed by atoms with van der Waals surface area (Å²) in [5.74, 6) is 0.609. The van der Waals surface area contributed by atoms with Crippen molar-refractivity contribution in [1.29, 1.82) is 0 Å². The van der Waals surface area contributed by atoms with E-state index in [1.165, 1.54) is 37.7 Å². The van der Waals surface area contributed by atoms with Gasteiger partial charge in [0.15, 0.2) is 5.17 Å². The molecule has 0 unspecified atom stereocenters. The minimum absolute atomic E-state index is 0.0786. The van der Waals surface area contributed by atoms with Crippen LogP contribution in [0.2, 0.25) is 0 Å². The van der Waals surface area contributed by atoms with Crippen LogP contribution in [0.5, 0.6) is 0 Å². The van der Waals surface area contributed by atoms with Crippen molar-refractivity contribution in [1.82, 2.24) is 10.2 Å². The molecule has 2 rings (SSSR count). The summed E-state index contributed by atoms with van der Waals surface area (Å²) in [5.41, 5.74) is 0. The number of amides is 1. The molecule has 5 heteroatoms. The first-order valence-electron chi connectivity index (χ1n) is 5.04. The number of aliphatic imine (C=N–C) groups is 1. The molecule has 2 saturated heterocycles. The molecule has 0 aromatic heterocycles. The summed E-state index contributed by atoms with van der Waals surface area (Å²) in [6.07, 6.45) is 2.64. The van der Waals surface area contributed by atoms with E-state index in [-0.39, 0.29) is 5.91 Å². The van der Waals surface area contributed by atoms with Gasteiger partial charge in [-0.25, -0.2) is 0 Å². The van der Waals surface area contributed by atoms with Gasteiger partial charge in [-0.2, -0.15) is 0 Å². The van der Waals surface area contributed by atoms with Gasteiger partial charge in [0.1, 0.15) is 0 Å². The zero-order valence-electron chi connectivity index (χ0n) is 8.16. The van der Waals surface area contributed by atoms with E-state index >= 15 is 0 Å². The minimum atomic E-state index is 0.0786. The van der Waals surface area contributed by atoms with Crippen LogP contribution in [0.25, 0.3) is 0 Å².